The number of rotatable bonds is 5. The van der Waals surface area contributed by atoms with Crippen molar-refractivity contribution in [3.63, 3.8) is 0 Å². The molecule has 110 valence electrons. The topological polar surface area (TPSA) is 40.5 Å². The molecular formula is C16H29NO2. The first-order valence-corrected chi connectivity index (χ1v) is 7.93. The lowest BCUT2D eigenvalue weighted by molar-refractivity contribution is -0.138. The largest absolute Gasteiger partial charge is 0.481 e. The number of hydrogen-bond donors (Lipinski definition) is 1. The summed E-state index contributed by atoms with van der Waals surface area (Å²) in [5.41, 5.74) is 0. The molecule has 2 fully saturated rings. The fourth-order valence-corrected chi connectivity index (χ4v) is 3.75. The molecule has 1 saturated carbocycles. The Morgan fingerprint density at radius 3 is 2.53 bits per heavy atom. The van der Waals surface area contributed by atoms with Crippen LogP contribution in [0.4, 0.5) is 0 Å². The summed E-state index contributed by atoms with van der Waals surface area (Å²) in [6.45, 7) is 9.12. The van der Waals surface area contributed by atoms with E-state index >= 15 is 0 Å². The van der Waals surface area contributed by atoms with E-state index in [1.807, 2.05) is 0 Å². The van der Waals surface area contributed by atoms with Crippen LogP contribution in [0, 0.1) is 23.7 Å². The van der Waals surface area contributed by atoms with Crippen LogP contribution >= 0.6 is 0 Å². The van der Waals surface area contributed by atoms with Gasteiger partial charge in [0.05, 0.1) is 0 Å². The van der Waals surface area contributed by atoms with Gasteiger partial charge in [-0.1, -0.05) is 20.8 Å². The third-order valence-electron chi connectivity index (χ3n) is 5.40. The molecule has 1 N–H and O–H groups in total. The Bertz CT molecular complexity index is 310. The molecule has 1 aliphatic carbocycles. The summed E-state index contributed by atoms with van der Waals surface area (Å²) in [4.78, 5) is 13.5. The summed E-state index contributed by atoms with van der Waals surface area (Å²) in [7, 11) is 0. The van der Waals surface area contributed by atoms with Gasteiger partial charge in [-0.15, -0.1) is 0 Å². The SMILES string of the molecule is CC(C)C1CC(N2CCCC(C(C)CC(=O)O)C2)C1. The number of carbonyl (C=O) groups is 1. The number of carboxylic acid groups (broad SMARTS) is 1. The molecule has 1 aliphatic heterocycles. The average Bonchev–Trinajstić information content (AvgIpc) is 2.26. The molecule has 0 aromatic heterocycles. The molecule has 19 heavy (non-hydrogen) atoms. The number of hydrogen-bond acceptors (Lipinski definition) is 2. The Labute approximate surface area is 117 Å². The minimum absolute atomic E-state index is 0.321. The Hall–Kier alpha value is -0.570. The van der Waals surface area contributed by atoms with Gasteiger partial charge in [-0.25, -0.2) is 0 Å². The summed E-state index contributed by atoms with van der Waals surface area (Å²) in [5.74, 6) is 2.00. The van der Waals surface area contributed by atoms with Gasteiger partial charge < -0.3 is 10.0 Å². The predicted molar refractivity (Wildman–Crippen MR) is 77.1 cm³/mol. The molecule has 1 saturated heterocycles. The third-order valence-corrected chi connectivity index (χ3v) is 5.40. The number of nitrogens with zero attached hydrogens (tertiary/aromatic N) is 1. The van der Waals surface area contributed by atoms with Gasteiger partial charge in [0, 0.05) is 19.0 Å². The zero-order valence-corrected chi connectivity index (χ0v) is 12.6. The number of carboxylic acids is 1. The summed E-state index contributed by atoms with van der Waals surface area (Å²) in [6.07, 6.45) is 5.51. The number of piperidine rings is 1. The Morgan fingerprint density at radius 2 is 1.95 bits per heavy atom. The fraction of sp³-hybridized carbons (Fsp3) is 0.938. The first-order valence-electron chi connectivity index (χ1n) is 7.93. The molecule has 0 aromatic rings. The molecule has 0 amide bonds. The molecule has 0 radical (unpaired) electrons. The van der Waals surface area contributed by atoms with Crippen molar-refractivity contribution in [2.75, 3.05) is 13.1 Å². The first kappa shape index (κ1) is 14.8. The summed E-state index contributed by atoms with van der Waals surface area (Å²) < 4.78 is 0. The predicted octanol–water partition coefficient (Wildman–Crippen LogP) is 3.24. The highest BCUT2D eigenvalue weighted by Gasteiger charge is 2.37. The molecule has 3 heteroatoms. The van der Waals surface area contributed by atoms with E-state index in [0.29, 0.717) is 18.3 Å². The van der Waals surface area contributed by atoms with Crippen molar-refractivity contribution in [3.05, 3.63) is 0 Å². The van der Waals surface area contributed by atoms with Crippen LogP contribution in [0.5, 0.6) is 0 Å². The van der Waals surface area contributed by atoms with Gasteiger partial charge >= 0.3 is 5.97 Å². The van der Waals surface area contributed by atoms with Gasteiger partial charge in [0.25, 0.3) is 0 Å². The van der Waals surface area contributed by atoms with Gasteiger partial charge in [0.15, 0.2) is 0 Å². The van der Waals surface area contributed by atoms with Crippen molar-refractivity contribution in [3.8, 4) is 0 Å². The summed E-state index contributed by atoms with van der Waals surface area (Å²) in [6, 6.07) is 0.784. The lowest BCUT2D eigenvalue weighted by Crippen LogP contribution is -2.50. The molecule has 2 aliphatic rings. The highest BCUT2D eigenvalue weighted by Crippen LogP contribution is 2.39. The highest BCUT2D eigenvalue weighted by atomic mass is 16.4. The minimum Gasteiger partial charge on any atom is -0.481 e. The Kier molecular flexibility index (Phi) is 4.88. The van der Waals surface area contributed by atoms with E-state index in [1.54, 1.807) is 0 Å². The van der Waals surface area contributed by atoms with Crippen molar-refractivity contribution < 1.29 is 9.90 Å². The van der Waals surface area contributed by atoms with Crippen molar-refractivity contribution in [1.29, 1.82) is 0 Å². The normalized spacial score (nSPS) is 34.0. The van der Waals surface area contributed by atoms with Gasteiger partial charge in [-0.2, -0.15) is 0 Å². The van der Waals surface area contributed by atoms with E-state index in [1.165, 1.54) is 32.2 Å². The van der Waals surface area contributed by atoms with Crippen molar-refractivity contribution in [1.82, 2.24) is 4.90 Å². The van der Waals surface area contributed by atoms with E-state index in [2.05, 4.69) is 25.7 Å². The van der Waals surface area contributed by atoms with Gasteiger partial charge in [0.2, 0.25) is 0 Å². The van der Waals surface area contributed by atoms with E-state index in [9.17, 15) is 4.79 Å². The second-order valence-electron chi connectivity index (χ2n) is 7.10. The molecule has 2 rings (SSSR count). The van der Waals surface area contributed by atoms with E-state index < -0.39 is 5.97 Å². The summed E-state index contributed by atoms with van der Waals surface area (Å²) >= 11 is 0. The van der Waals surface area contributed by atoms with Crippen LogP contribution in [-0.4, -0.2) is 35.1 Å². The second kappa shape index (κ2) is 6.25. The maximum absolute atomic E-state index is 10.8. The molecule has 1 heterocycles. The average molecular weight is 267 g/mol. The quantitative estimate of drug-likeness (QED) is 0.831. The van der Waals surface area contributed by atoms with Gasteiger partial charge in [-0.3, -0.25) is 4.79 Å². The lowest BCUT2D eigenvalue weighted by Gasteiger charge is -2.48. The van der Waals surface area contributed by atoms with Crippen LogP contribution in [0.1, 0.15) is 52.9 Å². The zero-order valence-electron chi connectivity index (χ0n) is 12.6. The molecule has 0 bridgehead atoms. The smallest absolute Gasteiger partial charge is 0.303 e. The number of aliphatic carboxylic acids is 1. The first-order chi connectivity index (χ1) is 8.97. The molecule has 0 spiro atoms. The minimum atomic E-state index is -0.645. The van der Waals surface area contributed by atoms with Crippen LogP contribution in [0.3, 0.4) is 0 Å². The molecule has 3 nitrogen and oxygen atoms in total. The van der Waals surface area contributed by atoms with Gasteiger partial charge in [-0.05, 0) is 55.9 Å². The highest BCUT2D eigenvalue weighted by molar-refractivity contribution is 5.67. The molecule has 0 aromatic carbocycles. The molecule has 2 unspecified atom stereocenters. The van der Waals surface area contributed by atoms with Crippen LogP contribution in [0.25, 0.3) is 0 Å². The van der Waals surface area contributed by atoms with Crippen molar-refractivity contribution in [2.24, 2.45) is 23.7 Å². The fourth-order valence-electron chi connectivity index (χ4n) is 3.75. The van der Waals surface area contributed by atoms with Crippen LogP contribution in [0.2, 0.25) is 0 Å². The van der Waals surface area contributed by atoms with Crippen LogP contribution < -0.4 is 0 Å². The second-order valence-corrected chi connectivity index (χ2v) is 7.10. The third kappa shape index (κ3) is 3.71. The Balaban J connectivity index is 1.80. The van der Waals surface area contributed by atoms with Gasteiger partial charge in [0.1, 0.15) is 0 Å². The summed E-state index contributed by atoms with van der Waals surface area (Å²) in [5, 5.41) is 8.93. The maximum Gasteiger partial charge on any atom is 0.303 e. The Morgan fingerprint density at radius 1 is 1.26 bits per heavy atom. The lowest BCUT2D eigenvalue weighted by atomic mass is 9.72. The van der Waals surface area contributed by atoms with Crippen LogP contribution in [-0.2, 0) is 4.79 Å². The molecular weight excluding hydrogens is 238 g/mol. The number of likely N-dealkylation sites (tertiary alicyclic amines) is 1. The molecule has 2 atom stereocenters. The van der Waals surface area contributed by atoms with Crippen molar-refractivity contribution >= 4 is 5.97 Å². The standard InChI is InChI=1S/C16H29NO2/c1-11(2)14-8-15(9-14)17-6-4-5-13(10-17)12(3)7-16(18)19/h11-15H,4-10H2,1-3H3,(H,18,19). The monoisotopic (exact) mass is 267 g/mol. The van der Waals surface area contributed by atoms with E-state index in [0.717, 1.165) is 24.4 Å². The van der Waals surface area contributed by atoms with E-state index in [-0.39, 0.29) is 0 Å². The van der Waals surface area contributed by atoms with Crippen LogP contribution in [0.15, 0.2) is 0 Å². The maximum atomic E-state index is 10.8. The zero-order chi connectivity index (χ0) is 14.0. The van der Waals surface area contributed by atoms with E-state index in [4.69, 9.17) is 5.11 Å². The van der Waals surface area contributed by atoms with Crippen molar-refractivity contribution in [2.45, 2.75) is 58.9 Å².